The van der Waals surface area contributed by atoms with E-state index in [-0.39, 0.29) is 6.04 Å². The highest BCUT2D eigenvalue weighted by atomic mass is 16.3. The summed E-state index contributed by atoms with van der Waals surface area (Å²) in [5, 5.41) is 15.2. The Hall–Kier alpha value is -0.860. The lowest BCUT2D eigenvalue weighted by molar-refractivity contribution is -0.0798. The average molecular weight is 287 g/mol. The Kier molecular flexibility index (Phi) is 4.37. The Morgan fingerprint density at radius 1 is 1.10 bits per heavy atom. The van der Waals surface area contributed by atoms with Gasteiger partial charge in [-0.2, -0.15) is 0 Å². The molecule has 2 nitrogen and oxygen atoms in total. The van der Waals surface area contributed by atoms with E-state index in [1.807, 2.05) is 18.2 Å². The van der Waals surface area contributed by atoms with Crippen LogP contribution in [0.5, 0.6) is 0 Å². The minimum atomic E-state index is -0.704. The number of fused-ring (bicyclic) bond motifs is 1. The molecule has 116 valence electrons. The van der Waals surface area contributed by atoms with E-state index < -0.39 is 5.60 Å². The van der Waals surface area contributed by atoms with Crippen molar-refractivity contribution >= 4 is 0 Å². The number of aliphatic hydroxyl groups is 1. The van der Waals surface area contributed by atoms with Crippen LogP contribution in [0.25, 0.3) is 0 Å². The summed E-state index contributed by atoms with van der Waals surface area (Å²) in [6, 6.07) is 10.9. The molecule has 2 heteroatoms. The summed E-state index contributed by atoms with van der Waals surface area (Å²) < 4.78 is 0. The van der Waals surface area contributed by atoms with Crippen molar-refractivity contribution in [2.45, 2.75) is 70.1 Å². The average Bonchev–Trinajstić information content (AvgIpc) is 2.48. The molecule has 2 aliphatic carbocycles. The van der Waals surface area contributed by atoms with Crippen molar-refractivity contribution in [1.82, 2.24) is 5.32 Å². The van der Waals surface area contributed by atoms with Crippen LogP contribution in [0.15, 0.2) is 30.3 Å². The molecule has 0 heterocycles. The van der Waals surface area contributed by atoms with E-state index >= 15 is 0 Å². The zero-order valence-corrected chi connectivity index (χ0v) is 13.4. The third-order valence-corrected chi connectivity index (χ3v) is 5.56. The molecule has 0 aromatic heterocycles. The molecule has 0 aliphatic heterocycles. The summed E-state index contributed by atoms with van der Waals surface area (Å²) in [7, 11) is 0. The summed E-state index contributed by atoms with van der Waals surface area (Å²) in [6.45, 7) is 4.36. The molecular formula is C19H29NO. The normalized spacial score (nSPS) is 36.5. The van der Waals surface area contributed by atoms with E-state index in [0.717, 1.165) is 24.3 Å². The van der Waals surface area contributed by atoms with Gasteiger partial charge in [-0.05, 0) is 30.2 Å². The van der Waals surface area contributed by atoms with Gasteiger partial charge in [0.1, 0.15) is 5.60 Å². The zero-order valence-electron chi connectivity index (χ0n) is 13.4. The monoisotopic (exact) mass is 287 g/mol. The molecule has 4 atom stereocenters. The Labute approximate surface area is 129 Å². The highest BCUT2D eigenvalue weighted by Gasteiger charge is 2.47. The van der Waals surface area contributed by atoms with E-state index in [1.54, 1.807) is 0 Å². The first-order valence-electron chi connectivity index (χ1n) is 8.63. The van der Waals surface area contributed by atoms with Crippen LogP contribution in [-0.4, -0.2) is 17.2 Å². The summed E-state index contributed by atoms with van der Waals surface area (Å²) in [5.74, 6) is 1.51. The van der Waals surface area contributed by atoms with Crippen molar-refractivity contribution in [3.8, 4) is 0 Å². The first-order valence-corrected chi connectivity index (χ1v) is 8.63. The number of hydrogen-bond acceptors (Lipinski definition) is 2. The van der Waals surface area contributed by atoms with Gasteiger partial charge in [0.2, 0.25) is 0 Å². The van der Waals surface area contributed by atoms with Gasteiger partial charge >= 0.3 is 0 Å². The maximum Gasteiger partial charge on any atom is 0.105 e. The fraction of sp³-hybridized carbons (Fsp3) is 0.684. The molecule has 2 aliphatic rings. The van der Waals surface area contributed by atoms with E-state index in [1.165, 1.54) is 25.7 Å². The standard InChI is InChI=1S/C19H29NO/c1-14(2)20-18-12-15-8-6-7-9-16(15)13-19(18,21)17-10-4-3-5-11-17/h3-5,10-11,14-16,18,20-21H,6-9,12-13H2,1-2H3/t15-,16-,18+,19-/m0/s1. The molecule has 0 unspecified atom stereocenters. The maximum absolute atomic E-state index is 11.5. The van der Waals surface area contributed by atoms with Crippen LogP contribution in [-0.2, 0) is 5.60 Å². The van der Waals surface area contributed by atoms with Crippen LogP contribution in [0.4, 0.5) is 0 Å². The van der Waals surface area contributed by atoms with Gasteiger partial charge in [-0.1, -0.05) is 69.9 Å². The molecule has 1 aromatic carbocycles. The first-order chi connectivity index (χ1) is 10.1. The van der Waals surface area contributed by atoms with E-state index in [9.17, 15) is 5.11 Å². The van der Waals surface area contributed by atoms with Gasteiger partial charge in [0.25, 0.3) is 0 Å². The second kappa shape index (κ2) is 6.10. The summed E-state index contributed by atoms with van der Waals surface area (Å²) in [5.41, 5.74) is 0.386. The van der Waals surface area contributed by atoms with Crippen molar-refractivity contribution in [2.75, 3.05) is 0 Å². The van der Waals surface area contributed by atoms with Gasteiger partial charge in [0.15, 0.2) is 0 Å². The fourth-order valence-corrected chi connectivity index (χ4v) is 4.56. The smallest absolute Gasteiger partial charge is 0.105 e. The maximum atomic E-state index is 11.5. The Bertz CT molecular complexity index is 458. The van der Waals surface area contributed by atoms with Gasteiger partial charge in [0, 0.05) is 12.1 Å². The molecule has 2 N–H and O–H groups in total. The fourth-order valence-electron chi connectivity index (χ4n) is 4.56. The number of hydrogen-bond donors (Lipinski definition) is 2. The molecule has 0 radical (unpaired) electrons. The van der Waals surface area contributed by atoms with Crippen molar-refractivity contribution in [1.29, 1.82) is 0 Å². The van der Waals surface area contributed by atoms with Crippen molar-refractivity contribution in [3.05, 3.63) is 35.9 Å². The predicted octanol–water partition coefficient (Wildman–Crippen LogP) is 3.84. The lowest BCUT2D eigenvalue weighted by Crippen LogP contribution is -2.56. The van der Waals surface area contributed by atoms with Crippen LogP contribution < -0.4 is 5.32 Å². The molecule has 2 fully saturated rings. The van der Waals surface area contributed by atoms with Gasteiger partial charge in [-0.3, -0.25) is 0 Å². The first kappa shape index (κ1) is 15.1. The highest BCUT2D eigenvalue weighted by molar-refractivity contribution is 5.26. The minimum absolute atomic E-state index is 0.180. The van der Waals surface area contributed by atoms with Gasteiger partial charge in [0.05, 0.1) is 0 Å². The summed E-state index contributed by atoms with van der Waals surface area (Å²) >= 11 is 0. The SMILES string of the molecule is CC(C)N[C@@H]1C[C@@H]2CCCC[C@H]2C[C@]1(O)c1ccccc1. The van der Waals surface area contributed by atoms with Crippen molar-refractivity contribution < 1.29 is 5.11 Å². The van der Waals surface area contributed by atoms with Crippen LogP contribution in [0.3, 0.4) is 0 Å². The van der Waals surface area contributed by atoms with Crippen molar-refractivity contribution in [2.24, 2.45) is 11.8 Å². The topological polar surface area (TPSA) is 32.3 Å². The van der Waals surface area contributed by atoms with E-state index in [2.05, 4.69) is 31.3 Å². The number of rotatable bonds is 3. The second-order valence-corrected chi connectivity index (χ2v) is 7.41. The van der Waals surface area contributed by atoms with E-state index in [4.69, 9.17) is 0 Å². The summed E-state index contributed by atoms with van der Waals surface area (Å²) in [6.07, 6.45) is 7.41. The lowest BCUT2D eigenvalue weighted by Gasteiger charge is -2.50. The van der Waals surface area contributed by atoms with Crippen LogP contribution in [0.2, 0.25) is 0 Å². The molecule has 2 saturated carbocycles. The zero-order chi connectivity index (χ0) is 14.9. The molecule has 0 spiro atoms. The third kappa shape index (κ3) is 3.02. The molecule has 0 bridgehead atoms. The molecule has 0 amide bonds. The molecule has 3 rings (SSSR count). The summed E-state index contributed by atoms with van der Waals surface area (Å²) in [4.78, 5) is 0. The lowest BCUT2D eigenvalue weighted by atomic mass is 9.62. The molecule has 1 aromatic rings. The molecular weight excluding hydrogens is 258 g/mol. The van der Waals surface area contributed by atoms with Crippen LogP contribution >= 0.6 is 0 Å². The largest absolute Gasteiger partial charge is 0.384 e. The predicted molar refractivity (Wildman–Crippen MR) is 87.1 cm³/mol. The van der Waals surface area contributed by atoms with Crippen LogP contribution in [0.1, 0.15) is 57.9 Å². The van der Waals surface area contributed by atoms with Gasteiger partial charge in [-0.25, -0.2) is 0 Å². The number of benzene rings is 1. The Morgan fingerprint density at radius 3 is 2.43 bits per heavy atom. The highest BCUT2D eigenvalue weighted by Crippen LogP contribution is 2.48. The quantitative estimate of drug-likeness (QED) is 0.885. The van der Waals surface area contributed by atoms with Gasteiger partial charge < -0.3 is 10.4 Å². The van der Waals surface area contributed by atoms with E-state index in [0.29, 0.717) is 12.0 Å². The molecule has 0 saturated heterocycles. The Morgan fingerprint density at radius 2 is 1.76 bits per heavy atom. The second-order valence-electron chi connectivity index (χ2n) is 7.41. The Balaban J connectivity index is 1.90. The van der Waals surface area contributed by atoms with Crippen molar-refractivity contribution in [3.63, 3.8) is 0 Å². The van der Waals surface area contributed by atoms with Crippen LogP contribution in [0, 0.1) is 11.8 Å². The van der Waals surface area contributed by atoms with Gasteiger partial charge in [-0.15, -0.1) is 0 Å². The number of nitrogens with one attached hydrogen (secondary N) is 1. The third-order valence-electron chi connectivity index (χ3n) is 5.56. The minimum Gasteiger partial charge on any atom is -0.384 e. The molecule has 21 heavy (non-hydrogen) atoms.